The number of hydrogen-bond acceptors (Lipinski definition) is 5. The summed E-state index contributed by atoms with van der Waals surface area (Å²) < 4.78 is 5.26. The first-order chi connectivity index (χ1) is 11.1. The second-order valence-corrected chi connectivity index (χ2v) is 6.20. The molecule has 2 aromatic rings. The lowest BCUT2D eigenvalue weighted by atomic mass is 10.0. The standard InChI is InChI=1S/C17H22N4O2.ClH/c1-10(2)14-8-13(15-11(3)21-23-17(15)20-14)16(22)19-9-12-4-6-18-7-5-12;/h4,8,10,18H,5-7,9H2,1-3H3,(H,19,22);1H. The van der Waals surface area contributed by atoms with Crippen LogP contribution in [-0.2, 0) is 0 Å². The summed E-state index contributed by atoms with van der Waals surface area (Å²) in [6.07, 6.45) is 3.10. The minimum Gasteiger partial charge on any atom is -0.348 e. The van der Waals surface area contributed by atoms with Crippen LogP contribution in [-0.4, -0.2) is 35.7 Å². The van der Waals surface area contributed by atoms with Crippen LogP contribution in [0.25, 0.3) is 11.1 Å². The van der Waals surface area contributed by atoms with Gasteiger partial charge in [-0.1, -0.05) is 30.7 Å². The second-order valence-electron chi connectivity index (χ2n) is 6.20. The van der Waals surface area contributed by atoms with Gasteiger partial charge in [-0.25, -0.2) is 4.98 Å². The summed E-state index contributed by atoms with van der Waals surface area (Å²) >= 11 is 0. The Morgan fingerprint density at radius 2 is 2.25 bits per heavy atom. The highest BCUT2D eigenvalue weighted by molar-refractivity contribution is 6.06. The molecule has 130 valence electrons. The Morgan fingerprint density at radius 1 is 1.46 bits per heavy atom. The van der Waals surface area contributed by atoms with E-state index in [9.17, 15) is 4.79 Å². The third kappa shape index (κ3) is 3.76. The molecule has 3 rings (SSSR count). The van der Waals surface area contributed by atoms with Gasteiger partial charge in [-0.15, -0.1) is 12.4 Å². The Bertz CT molecular complexity index is 767. The number of aryl methyl sites for hydroxylation is 1. The van der Waals surface area contributed by atoms with Gasteiger partial charge in [0.2, 0.25) is 0 Å². The molecule has 1 amide bonds. The molecular weight excluding hydrogens is 328 g/mol. The summed E-state index contributed by atoms with van der Waals surface area (Å²) in [5.41, 5.74) is 3.80. The normalized spacial score (nSPS) is 14.4. The summed E-state index contributed by atoms with van der Waals surface area (Å²) in [4.78, 5) is 17.1. The summed E-state index contributed by atoms with van der Waals surface area (Å²) in [7, 11) is 0. The molecule has 2 N–H and O–H groups in total. The molecule has 0 unspecified atom stereocenters. The van der Waals surface area contributed by atoms with Crippen LogP contribution < -0.4 is 10.6 Å². The molecule has 0 spiro atoms. The molecule has 0 saturated carbocycles. The Morgan fingerprint density at radius 3 is 2.92 bits per heavy atom. The largest absolute Gasteiger partial charge is 0.348 e. The first-order valence-corrected chi connectivity index (χ1v) is 8.00. The van der Waals surface area contributed by atoms with Gasteiger partial charge in [-0.3, -0.25) is 4.79 Å². The van der Waals surface area contributed by atoms with E-state index in [0.717, 1.165) is 25.2 Å². The monoisotopic (exact) mass is 350 g/mol. The molecule has 0 saturated heterocycles. The second kappa shape index (κ2) is 7.77. The van der Waals surface area contributed by atoms with Crippen LogP contribution >= 0.6 is 12.4 Å². The molecule has 7 heteroatoms. The minimum atomic E-state index is -0.106. The highest BCUT2D eigenvalue weighted by atomic mass is 35.5. The maximum atomic E-state index is 12.7. The Labute approximate surface area is 147 Å². The Kier molecular flexibility index (Phi) is 5.96. The number of rotatable bonds is 4. The molecule has 0 atom stereocenters. The highest BCUT2D eigenvalue weighted by Gasteiger charge is 2.19. The summed E-state index contributed by atoms with van der Waals surface area (Å²) in [5, 5.41) is 10.9. The minimum absolute atomic E-state index is 0. The molecule has 0 aliphatic carbocycles. The van der Waals surface area contributed by atoms with Gasteiger partial charge in [0, 0.05) is 18.8 Å². The number of nitrogens with zero attached hydrogens (tertiary/aromatic N) is 2. The van der Waals surface area contributed by atoms with E-state index in [2.05, 4.69) is 26.9 Å². The molecule has 0 radical (unpaired) electrons. The molecule has 3 heterocycles. The van der Waals surface area contributed by atoms with Crippen LogP contribution in [0.3, 0.4) is 0 Å². The predicted octanol–water partition coefficient (Wildman–Crippen LogP) is 2.73. The summed E-state index contributed by atoms with van der Waals surface area (Å²) in [6.45, 7) is 8.31. The summed E-state index contributed by atoms with van der Waals surface area (Å²) in [5.74, 6) is 0.105. The zero-order chi connectivity index (χ0) is 16.4. The van der Waals surface area contributed by atoms with Crippen LogP contribution in [0.4, 0.5) is 0 Å². The van der Waals surface area contributed by atoms with Crippen LogP contribution in [0.1, 0.15) is 47.9 Å². The first kappa shape index (κ1) is 18.4. The van der Waals surface area contributed by atoms with Crippen molar-refractivity contribution in [2.75, 3.05) is 19.6 Å². The van der Waals surface area contributed by atoms with E-state index in [1.54, 1.807) is 0 Å². The number of hydrogen-bond donors (Lipinski definition) is 2. The van der Waals surface area contributed by atoms with Gasteiger partial charge in [0.15, 0.2) is 0 Å². The smallest absolute Gasteiger partial charge is 0.259 e. The van der Waals surface area contributed by atoms with Gasteiger partial charge in [0.05, 0.1) is 16.6 Å². The molecule has 1 aliphatic rings. The fourth-order valence-corrected chi connectivity index (χ4v) is 2.71. The number of amides is 1. The van der Waals surface area contributed by atoms with Crippen LogP contribution in [0.15, 0.2) is 22.2 Å². The molecule has 1 aliphatic heterocycles. The van der Waals surface area contributed by atoms with Crippen LogP contribution in [0, 0.1) is 6.92 Å². The van der Waals surface area contributed by atoms with Crippen LogP contribution in [0.5, 0.6) is 0 Å². The van der Waals surface area contributed by atoms with Crippen molar-refractivity contribution in [3.05, 3.63) is 34.7 Å². The van der Waals surface area contributed by atoms with Gasteiger partial charge in [-0.2, -0.15) is 0 Å². The number of carbonyl (C=O) groups is 1. The van der Waals surface area contributed by atoms with Gasteiger partial charge < -0.3 is 15.2 Å². The van der Waals surface area contributed by atoms with E-state index in [-0.39, 0.29) is 24.2 Å². The topological polar surface area (TPSA) is 80.0 Å². The van der Waals surface area contributed by atoms with Crippen LogP contribution in [0.2, 0.25) is 0 Å². The summed E-state index contributed by atoms with van der Waals surface area (Å²) in [6, 6.07) is 1.85. The maximum absolute atomic E-state index is 12.7. The molecule has 2 aromatic heterocycles. The van der Waals surface area contributed by atoms with Crippen molar-refractivity contribution in [2.45, 2.75) is 33.1 Å². The van der Waals surface area contributed by atoms with E-state index in [0.29, 0.717) is 28.9 Å². The molecule has 0 aromatic carbocycles. The third-order valence-corrected chi connectivity index (χ3v) is 4.11. The van der Waals surface area contributed by atoms with E-state index >= 15 is 0 Å². The maximum Gasteiger partial charge on any atom is 0.259 e. The van der Waals surface area contributed by atoms with E-state index in [1.807, 2.05) is 26.8 Å². The fourth-order valence-electron chi connectivity index (χ4n) is 2.71. The number of fused-ring (bicyclic) bond motifs is 1. The SMILES string of the molecule is Cc1noc2nc(C(C)C)cc(C(=O)NCC3=CCNCC3)c12.Cl. The Hall–Kier alpha value is -1.92. The lowest BCUT2D eigenvalue weighted by molar-refractivity contribution is 0.0958. The third-order valence-electron chi connectivity index (χ3n) is 4.11. The quantitative estimate of drug-likeness (QED) is 0.829. The van der Waals surface area contributed by atoms with Crippen molar-refractivity contribution >= 4 is 29.4 Å². The van der Waals surface area contributed by atoms with Crippen molar-refractivity contribution in [3.8, 4) is 0 Å². The fraction of sp³-hybridized carbons (Fsp3) is 0.471. The Balaban J connectivity index is 0.00000208. The van der Waals surface area contributed by atoms with Crippen molar-refractivity contribution < 1.29 is 9.32 Å². The number of nitrogens with one attached hydrogen (secondary N) is 2. The molecular formula is C17H23ClN4O2. The van der Waals surface area contributed by atoms with Crippen molar-refractivity contribution in [2.24, 2.45) is 0 Å². The molecule has 6 nitrogen and oxygen atoms in total. The number of aromatic nitrogens is 2. The lowest BCUT2D eigenvalue weighted by Gasteiger charge is -2.15. The number of pyridine rings is 1. The molecule has 0 bridgehead atoms. The van der Waals surface area contributed by atoms with E-state index in [1.165, 1.54) is 5.57 Å². The van der Waals surface area contributed by atoms with Crippen molar-refractivity contribution in [1.29, 1.82) is 0 Å². The first-order valence-electron chi connectivity index (χ1n) is 8.00. The predicted molar refractivity (Wildman–Crippen MR) is 95.8 cm³/mol. The van der Waals surface area contributed by atoms with E-state index in [4.69, 9.17) is 4.52 Å². The highest BCUT2D eigenvalue weighted by Crippen LogP contribution is 2.25. The van der Waals surface area contributed by atoms with Gasteiger partial charge >= 0.3 is 0 Å². The molecule has 0 fully saturated rings. The lowest BCUT2D eigenvalue weighted by Crippen LogP contribution is -2.30. The van der Waals surface area contributed by atoms with Gasteiger partial charge in [0.25, 0.3) is 11.6 Å². The average Bonchev–Trinajstić information content (AvgIpc) is 2.94. The number of halogens is 1. The van der Waals surface area contributed by atoms with E-state index < -0.39 is 0 Å². The average molecular weight is 351 g/mol. The van der Waals surface area contributed by atoms with Crippen molar-refractivity contribution in [1.82, 2.24) is 20.8 Å². The van der Waals surface area contributed by atoms with Gasteiger partial charge in [0.1, 0.15) is 0 Å². The number of carbonyl (C=O) groups excluding carboxylic acids is 1. The van der Waals surface area contributed by atoms with Gasteiger partial charge in [-0.05, 0) is 31.9 Å². The molecule has 24 heavy (non-hydrogen) atoms. The zero-order valence-electron chi connectivity index (χ0n) is 14.2. The van der Waals surface area contributed by atoms with Crippen molar-refractivity contribution in [3.63, 3.8) is 0 Å². The zero-order valence-corrected chi connectivity index (χ0v) is 15.0.